The van der Waals surface area contributed by atoms with Crippen LogP contribution >= 0.6 is 11.6 Å². The number of amides is 1. The lowest BCUT2D eigenvalue weighted by Gasteiger charge is -2.34. The molecule has 1 aliphatic rings. The minimum atomic E-state index is -0.773. The number of benzene rings is 1. The minimum Gasteiger partial charge on any atom is -0.465 e. The highest BCUT2D eigenvalue weighted by molar-refractivity contribution is 6.32. The molecule has 2 aromatic rings. The maximum absolute atomic E-state index is 12.5. The van der Waals surface area contributed by atoms with Crippen molar-refractivity contribution in [1.82, 2.24) is 9.88 Å². The largest absolute Gasteiger partial charge is 0.465 e. The van der Waals surface area contributed by atoms with Gasteiger partial charge in [0.15, 0.2) is 5.75 Å². The summed E-state index contributed by atoms with van der Waals surface area (Å²) >= 11 is 6.27. The number of pyridine rings is 1. The van der Waals surface area contributed by atoms with E-state index >= 15 is 0 Å². The third-order valence-corrected chi connectivity index (χ3v) is 5.05. The first-order chi connectivity index (χ1) is 14.5. The summed E-state index contributed by atoms with van der Waals surface area (Å²) in [4.78, 5) is 32.3. The van der Waals surface area contributed by atoms with Gasteiger partial charge in [-0.25, -0.2) is 9.78 Å². The van der Waals surface area contributed by atoms with Crippen molar-refractivity contribution in [3.05, 3.63) is 53.2 Å². The van der Waals surface area contributed by atoms with Crippen molar-refractivity contribution < 1.29 is 19.1 Å². The molecule has 1 aromatic heterocycles. The average Bonchev–Trinajstić information content (AvgIpc) is 2.76. The Morgan fingerprint density at radius 3 is 2.60 bits per heavy atom. The molecule has 1 aliphatic heterocycles. The number of aromatic nitrogens is 1. The van der Waals surface area contributed by atoms with E-state index in [1.165, 1.54) is 0 Å². The van der Waals surface area contributed by atoms with Crippen LogP contribution in [-0.4, -0.2) is 60.8 Å². The summed E-state index contributed by atoms with van der Waals surface area (Å²) in [5.41, 5.74) is 6.59. The lowest BCUT2D eigenvalue weighted by molar-refractivity contribution is -0.144. The third-order valence-electron chi connectivity index (χ3n) is 4.75. The maximum atomic E-state index is 12.5. The Morgan fingerprint density at radius 2 is 1.97 bits per heavy atom. The van der Waals surface area contributed by atoms with Gasteiger partial charge in [0.25, 0.3) is 0 Å². The lowest BCUT2D eigenvalue weighted by Crippen LogP contribution is -2.49. The molecular formula is C21H25ClN4O4. The smallest absolute Gasteiger partial charge is 0.415 e. The highest BCUT2D eigenvalue weighted by Gasteiger charge is 2.24. The molecule has 30 heavy (non-hydrogen) atoms. The van der Waals surface area contributed by atoms with Crippen molar-refractivity contribution >= 4 is 29.5 Å². The second-order valence-corrected chi connectivity index (χ2v) is 7.26. The number of halogens is 1. The number of carbonyl (C=O) groups is 2. The highest BCUT2D eigenvalue weighted by atomic mass is 35.5. The van der Waals surface area contributed by atoms with Crippen LogP contribution in [0.15, 0.2) is 42.6 Å². The van der Waals surface area contributed by atoms with Gasteiger partial charge in [-0.2, -0.15) is 0 Å². The first-order valence-electron chi connectivity index (χ1n) is 9.81. The van der Waals surface area contributed by atoms with Gasteiger partial charge in [0.2, 0.25) is 0 Å². The first kappa shape index (κ1) is 21.9. The predicted octanol–water partition coefficient (Wildman–Crippen LogP) is 2.49. The zero-order valence-corrected chi connectivity index (χ0v) is 17.5. The second kappa shape index (κ2) is 10.3. The van der Waals surface area contributed by atoms with Crippen LogP contribution in [-0.2, 0) is 16.0 Å². The Hall–Kier alpha value is -2.84. The van der Waals surface area contributed by atoms with E-state index in [0.29, 0.717) is 26.2 Å². The normalized spacial score (nSPS) is 14.9. The molecule has 0 radical (unpaired) electrons. The molecule has 0 saturated carbocycles. The standard InChI is InChI=1S/C21H25ClN4O4/c1-2-29-20(27)17(23)14-15-6-7-18(16(22)13-15)30-21(28)26-11-9-25(10-12-26)19-5-3-4-8-24-19/h3-8,13,17H,2,9-12,14,23H2,1H3/t17-/m0/s1. The van der Waals surface area contributed by atoms with Crippen molar-refractivity contribution in [2.45, 2.75) is 19.4 Å². The van der Waals surface area contributed by atoms with Crippen LogP contribution in [0, 0.1) is 0 Å². The summed E-state index contributed by atoms with van der Waals surface area (Å²) in [6.45, 7) is 4.40. The monoisotopic (exact) mass is 432 g/mol. The highest BCUT2D eigenvalue weighted by Crippen LogP contribution is 2.27. The first-order valence-corrected chi connectivity index (χ1v) is 10.2. The van der Waals surface area contributed by atoms with Crippen molar-refractivity contribution in [2.75, 3.05) is 37.7 Å². The Balaban J connectivity index is 1.53. The van der Waals surface area contributed by atoms with Gasteiger partial charge in [0.05, 0.1) is 11.6 Å². The molecular weight excluding hydrogens is 408 g/mol. The van der Waals surface area contributed by atoms with Gasteiger partial charge in [-0.1, -0.05) is 23.7 Å². The van der Waals surface area contributed by atoms with Gasteiger partial charge in [0, 0.05) is 32.4 Å². The molecule has 0 spiro atoms. The summed E-state index contributed by atoms with van der Waals surface area (Å²) in [6.07, 6.45) is 1.58. The summed E-state index contributed by atoms with van der Waals surface area (Å²) < 4.78 is 10.4. The second-order valence-electron chi connectivity index (χ2n) is 6.86. The Labute approximate surface area is 180 Å². The average molecular weight is 433 g/mol. The molecule has 1 fully saturated rings. The molecule has 0 unspecified atom stereocenters. The van der Waals surface area contributed by atoms with Gasteiger partial charge >= 0.3 is 12.1 Å². The Bertz CT molecular complexity index is 873. The fourth-order valence-electron chi connectivity index (χ4n) is 3.16. The third kappa shape index (κ3) is 5.61. The van der Waals surface area contributed by atoms with Crippen LogP contribution in [0.5, 0.6) is 5.75 Å². The molecule has 0 bridgehead atoms. The number of hydrogen-bond donors (Lipinski definition) is 1. The Morgan fingerprint density at radius 1 is 1.20 bits per heavy atom. The van der Waals surface area contributed by atoms with Crippen LogP contribution < -0.4 is 15.4 Å². The molecule has 3 rings (SSSR count). The number of rotatable bonds is 6. The van der Waals surface area contributed by atoms with Crippen molar-refractivity contribution in [2.24, 2.45) is 5.73 Å². The fraction of sp³-hybridized carbons (Fsp3) is 0.381. The van der Waals surface area contributed by atoms with E-state index in [-0.39, 0.29) is 23.8 Å². The zero-order valence-electron chi connectivity index (χ0n) is 16.8. The summed E-state index contributed by atoms with van der Waals surface area (Å²) in [5, 5.41) is 0.282. The van der Waals surface area contributed by atoms with E-state index in [4.69, 9.17) is 26.8 Å². The zero-order chi connectivity index (χ0) is 21.5. The molecule has 8 nitrogen and oxygen atoms in total. The maximum Gasteiger partial charge on any atom is 0.415 e. The number of hydrogen-bond acceptors (Lipinski definition) is 7. The fourth-order valence-corrected chi connectivity index (χ4v) is 3.40. The topological polar surface area (TPSA) is 98.0 Å². The van der Waals surface area contributed by atoms with E-state index in [1.54, 1.807) is 36.2 Å². The molecule has 160 valence electrons. The van der Waals surface area contributed by atoms with Crippen LogP contribution in [0.2, 0.25) is 5.02 Å². The molecule has 9 heteroatoms. The number of nitrogens with two attached hydrogens (primary N) is 1. The number of nitrogens with zero attached hydrogens (tertiary/aromatic N) is 3. The van der Waals surface area contributed by atoms with Gasteiger partial charge in [0.1, 0.15) is 11.9 Å². The van der Waals surface area contributed by atoms with Crippen LogP contribution in [0.4, 0.5) is 10.6 Å². The summed E-state index contributed by atoms with van der Waals surface area (Å²) in [7, 11) is 0. The van der Waals surface area contributed by atoms with Gasteiger partial charge in [-0.05, 0) is 43.2 Å². The van der Waals surface area contributed by atoms with Gasteiger partial charge in [-0.15, -0.1) is 0 Å². The van der Waals surface area contributed by atoms with E-state index in [2.05, 4.69) is 9.88 Å². The number of anilines is 1. The number of carbonyl (C=O) groups excluding carboxylic acids is 2. The van der Waals surface area contributed by atoms with E-state index < -0.39 is 18.1 Å². The minimum absolute atomic E-state index is 0.266. The molecule has 0 aliphatic carbocycles. The quantitative estimate of drug-likeness (QED) is 0.700. The Kier molecular flexibility index (Phi) is 7.48. The van der Waals surface area contributed by atoms with Crippen LogP contribution in [0.25, 0.3) is 0 Å². The van der Waals surface area contributed by atoms with E-state index in [1.807, 2.05) is 18.2 Å². The van der Waals surface area contributed by atoms with Crippen molar-refractivity contribution in [3.63, 3.8) is 0 Å². The van der Waals surface area contributed by atoms with Gasteiger partial charge in [-0.3, -0.25) is 4.79 Å². The molecule has 2 heterocycles. The SMILES string of the molecule is CCOC(=O)[C@@H](N)Cc1ccc(OC(=O)N2CCN(c3ccccn3)CC2)c(Cl)c1. The van der Waals surface area contributed by atoms with Crippen LogP contribution in [0.3, 0.4) is 0 Å². The van der Waals surface area contributed by atoms with Crippen molar-refractivity contribution in [1.29, 1.82) is 0 Å². The lowest BCUT2D eigenvalue weighted by atomic mass is 10.1. The predicted molar refractivity (Wildman–Crippen MR) is 114 cm³/mol. The molecule has 1 saturated heterocycles. The number of esters is 1. The molecule has 1 amide bonds. The number of ether oxygens (including phenoxy) is 2. The van der Waals surface area contributed by atoms with E-state index in [0.717, 1.165) is 11.4 Å². The van der Waals surface area contributed by atoms with Crippen molar-refractivity contribution in [3.8, 4) is 5.75 Å². The van der Waals surface area contributed by atoms with Crippen LogP contribution in [0.1, 0.15) is 12.5 Å². The molecule has 1 aromatic carbocycles. The molecule has 1 atom stereocenters. The summed E-state index contributed by atoms with van der Waals surface area (Å²) in [6, 6.07) is 9.96. The van der Waals surface area contributed by atoms with Gasteiger partial charge < -0.3 is 25.0 Å². The summed E-state index contributed by atoms with van der Waals surface area (Å²) in [5.74, 6) is 0.696. The van der Waals surface area contributed by atoms with E-state index in [9.17, 15) is 9.59 Å². The number of piperazine rings is 1. The molecule has 2 N–H and O–H groups in total.